The van der Waals surface area contributed by atoms with Crippen LogP contribution in [0.15, 0.2) is 0 Å². The lowest BCUT2D eigenvalue weighted by atomic mass is 10.1. The fraction of sp³-hybridized carbons (Fsp3) is 1.00. The van der Waals surface area contributed by atoms with E-state index in [-0.39, 0.29) is 0 Å². The molecule has 0 fully saturated rings. The molecule has 116 valence electrons. The second-order valence-electron chi connectivity index (χ2n) is 4.75. The summed E-state index contributed by atoms with van der Waals surface area (Å²) in [6.45, 7) is 1.94. The van der Waals surface area contributed by atoms with Crippen LogP contribution in [0.4, 0.5) is 0 Å². The summed E-state index contributed by atoms with van der Waals surface area (Å²) in [6, 6.07) is 0. The molecular weight excluding hydrogens is 246 g/mol. The van der Waals surface area contributed by atoms with Gasteiger partial charge in [-0.2, -0.15) is 0 Å². The third-order valence-electron chi connectivity index (χ3n) is 3.10. The summed E-state index contributed by atoms with van der Waals surface area (Å²) >= 11 is 0. The molecule has 0 unspecified atom stereocenters. The second kappa shape index (κ2) is 15.9. The Morgan fingerprint density at radius 1 is 0.684 bits per heavy atom. The monoisotopic (exact) mass is 277 g/mol. The van der Waals surface area contributed by atoms with E-state index in [0.717, 1.165) is 18.1 Å². The molecule has 0 bridgehead atoms. The highest BCUT2D eigenvalue weighted by Crippen LogP contribution is 2.10. The van der Waals surface area contributed by atoms with Gasteiger partial charge in [-0.25, -0.2) is 9.68 Å². The first-order valence-corrected chi connectivity index (χ1v) is 7.60. The maximum absolute atomic E-state index is 8.60. The van der Waals surface area contributed by atoms with E-state index in [1.54, 1.807) is 0 Å². The molecule has 0 aliphatic carbocycles. The fourth-order valence-corrected chi connectivity index (χ4v) is 2.02. The van der Waals surface area contributed by atoms with E-state index >= 15 is 0 Å². The second-order valence-corrected chi connectivity index (χ2v) is 4.75. The van der Waals surface area contributed by atoms with E-state index in [1.807, 2.05) is 0 Å². The van der Waals surface area contributed by atoms with Crippen molar-refractivity contribution in [2.75, 3.05) is 20.1 Å². The molecule has 0 aromatic rings. The Kier molecular flexibility index (Phi) is 15.7. The predicted octanol–water partition coefficient (Wildman–Crippen LogP) is 2.97. The van der Waals surface area contributed by atoms with E-state index in [4.69, 9.17) is 19.9 Å². The number of aliphatic hydroxyl groups is 2. The minimum absolute atomic E-state index is 0.433. The van der Waals surface area contributed by atoms with E-state index in [1.165, 1.54) is 51.4 Å². The Balaban J connectivity index is 3.20. The van der Waals surface area contributed by atoms with Gasteiger partial charge in [0.2, 0.25) is 0 Å². The molecule has 0 spiro atoms. The highest BCUT2D eigenvalue weighted by Gasteiger charge is 2.04. The van der Waals surface area contributed by atoms with Gasteiger partial charge in [0.25, 0.3) is 0 Å². The maximum atomic E-state index is 8.60. The van der Waals surface area contributed by atoms with Crippen molar-refractivity contribution in [1.82, 2.24) is 5.23 Å². The first kappa shape index (κ1) is 18.8. The zero-order chi connectivity index (χ0) is 14.2. The molecule has 0 saturated carbocycles. The van der Waals surface area contributed by atoms with Crippen molar-refractivity contribution in [3.8, 4) is 0 Å². The van der Waals surface area contributed by atoms with Crippen molar-refractivity contribution < 1.29 is 19.9 Å². The van der Waals surface area contributed by atoms with Crippen LogP contribution in [0.1, 0.15) is 71.1 Å². The van der Waals surface area contributed by atoms with Gasteiger partial charge in [-0.05, 0) is 6.42 Å². The van der Waals surface area contributed by atoms with Crippen LogP contribution < -0.4 is 0 Å². The summed E-state index contributed by atoms with van der Waals surface area (Å²) in [7, 11) is 0. The fourth-order valence-electron chi connectivity index (χ4n) is 2.02. The summed E-state index contributed by atoms with van der Waals surface area (Å²) < 4.78 is 0. The molecule has 2 N–H and O–H groups in total. The highest BCUT2D eigenvalue weighted by molar-refractivity contribution is 4.47. The van der Waals surface area contributed by atoms with E-state index in [0.29, 0.717) is 6.54 Å². The van der Waals surface area contributed by atoms with Crippen LogP contribution >= 0.6 is 0 Å². The van der Waals surface area contributed by atoms with Crippen LogP contribution in [0.2, 0.25) is 0 Å². The predicted molar refractivity (Wildman–Crippen MR) is 74.9 cm³/mol. The van der Waals surface area contributed by atoms with Gasteiger partial charge in [0.1, 0.15) is 0 Å². The summed E-state index contributed by atoms with van der Waals surface area (Å²) in [6.07, 6.45) is 12.7. The average Bonchev–Trinajstić information content (AvgIpc) is 2.41. The topological polar surface area (TPSA) is 62.2 Å². The maximum Gasteiger partial charge on any atom is 0.166 e. The van der Waals surface area contributed by atoms with Crippen LogP contribution in [0.3, 0.4) is 0 Å². The largest absolute Gasteiger partial charge is 0.369 e. The van der Waals surface area contributed by atoms with Gasteiger partial charge < -0.3 is 10.2 Å². The molecular formula is C14H31NO4. The number of unbranched alkanes of at least 4 members (excludes halogenated alkanes) is 9. The summed E-state index contributed by atoms with van der Waals surface area (Å²) in [5.41, 5.74) is 0. The van der Waals surface area contributed by atoms with Crippen LogP contribution in [-0.2, 0) is 9.68 Å². The smallest absolute Gasteiger partial charge is 0.166 e. The average molecular weight is 277 g/mol. The molecule has 0 saturated heterocycles. The zero-order valence-electron chi connectivity index (χ0n) is 12.4. The molecule has 0 aromatic heterocycles. The number of hydrogen-bond acceptors (Lipinski definition) is 5. The molecule has 5 nitrogen and oxygen atoms in total. The van der Waals surface area contributed by atoms with Gasteiger partial charge in [-0.1, -0.05) is 69.9 Å². The van der Waals surface area contributed by atoms with Crippen LogP contribution in [-0.4, -0.2) is 35.6 Å². The summed E-state index contributed by atoms with van der Waals surface area (Å²) in [4.78, 5) is 9.54. The third-order valence-corrected chi connectivity index (χ3v) is 3.10. The Bertz CT molecular complexity index is 164. The Morgan fingerprint density at radius 3 is 1.53 bits per heavy atom. The van der Waals surface area contributed by atoms with Gasteiger partial charge in [0.05, 0.1) is 6.54 Å². The Morgan fingerprint density at radius 2 is 1.11 bits per heavy atom. The Hall–Kier alpha value is -0.200. The lowest BCUT2D eigenvalue weighted by Gasteiger charge is -2.17. The van der Waals surface area contributed by atoms with Crippen LogP contribution in [0, 0.1) is 0 Å². The zero-order valence-corrected chi connectivity index (χ0v) is 12.4. The van der Waals surface area contributed by atoms with Crippen molar-refractivity contribution in [2.45, 2.75) is 71.1 Å². The van der Waals surface area contributed by atoms with E-state index in [9.17, 15) is 0 Å². The van der Waals surface area contributed by atoms with Crippen LogP contribution in [0.25, 0.3) is 0 Å². The van der Waals surface area contributed by atoms with E-state index < -0.39 is 13.6 Å². The number of hydrogen-bond donors (Lipinski definition) is 2. The highest BCUT2D eigenvalue weighted by atomic mass is 17.0. The lowest BCUT2D eigenvalue weighted by Crippen LogP contribution is -2.26. The van der Waals surface area contributed by atoms with Crippen molar-refractivity contribution in [3.05, 3.63) is 0 Å². The molecule has 0 aliphatic heterocycles. The number of hydroxylamine groups is 2. The molecule has 0 aliphatic rings. The minimum atomic E-state index is -0.433. The normalized spacial score (nSPS) is 11.4. The molecule has 0 atom stereocenters. The van der Waals surface area contributed by atoms with Crippen molar-refractivity contribution in [1.29, 1.82) is 0 Å². The molecule has 5 heteroatoms. The molecule has 0 amide bonds. The van der Waals surface area contributed by atoms with Gasteiger partial charge in [-0.15, -0.1) is 0 Å². The quantitative estimate of drug-likeness (QED) is 0.274. The molecule has 0 heterocycles. The summed E-state index contributed by atoms with van der Waals surface area (Å²) in [5, 5.41) is 18.3. The van der Waals surface area contributed by atoms with E-state index in [2.05, 4.69) is 6.92 Å². The number of rotatable bonds is 15. The molecule has 0 radical (unpaired) electrons. The Labute approximate surface area is 117 Å². The third kappa shape index (κ3) is 14.0. The SMILES string of the molecule is CCCCCCCCCCCCN(OCO)OCO. The van der Waals surface area contributed by atoms with Crippen LogP contribution in [0.5, 0.6) is 0 Å². The molecule has 0 rings (SSSR count). The first-order chi connectivity index (χ1) is 9.35. The minimum Gasteiger partial charge on any atom is -0.369 e. The summed E-state index contributed by atoms with van der Waals surface area (Å²) in [5.74, 6) is 0. The van der Waals surface area contributed by atoms with Crippen molar-refractivity contribution in [2.24, 2.45) is 0 Å². The van der Waals surface area contributed by atoms with Crippen molar-refractivity contribution >= 4 is 0 Å². The van der Waals surface area contributed by atoms with Gasteiger partial charge in [0.15, 0.2) is 13.6 Å². The van der Waals surface area contributed by atoms with Gasteiger partial charge >= 0.3 is 0 Å². The number of aliphatic hydroxyl groups excluding tert-OH is 2. The first-order valence-electron chi connectivity index (χ1n) is 7.60. The van der Waals surface area contributed by atoms with Gasteiger partial charge in [0, 0.05) is 0 Å². The number of nitrogens with zero attached hydrogens (tertiary/aromatic N) is 1. The lowest BCUT2D eigenvalue weighted by molar-refractivity contribution is -0.404. The van der Waals surface area contributed by atoms with Crippen molar-refractivity contribution in [3.63, 3.8) is 0 Å². The molecule has 19 heavy (non-hydrogen) atoms. The standard InChI is InChI=1S/C14H31NO4/c1-2-3-4-5-6-7-8-9-10-11-12-15(18-13-16)19-14-17/h16-17H,2-14H2,1H3. The van der Waals surface area contributed by atoms with Gasteiger partial charge in [-0.3, -0.25) is 0 Å². The molecule has 0 aromatic carbocycles.